The summed E-state index contributed by atoms with van der Waals surface area (Å²) in [6.45, 7) is 5.74. The number of nitrogens with one attached hydrogen (secondary N) is 1. The van der Waals surface area contributed by atoms with Crippen molar-refractivity contribution < 1.29 is 9.84 Å². The molecule has 0 bridgehead atoms. The molecule has 1 fully saturated rings. The lowest BCUT2D eigenvalue weighted by molar-refractivity contribution is 0.0150. The summed E-state index contributed by atoms with van der Waals surface area (Å²) in [6, 6.07) is 10.4. The Labute approximate surface area is 115 Å². The fraction of sp³-hybridized carbons (Fsp3) is 0.600. The molecule has 1 aromatic rings. The van der Waals surface area contributed by atoms with Crippen molar-refractivity contribution in [2.45, 2.75) is 12.5 Å². The van der Waals surface area contributed by atoms with Gasteiger partial charge < -0.3 is 15.2 Å². The third-order valence-electron chi connectivity index (χ3n) is 3.39. The van der Waals surface area contributed by atoms with Gasteiger partial charge in [-0.15, -0.1) is 0 Å². The summed E-state index contributed by atoms with van der Waals surface area (Å²) in [6.07, 6.45) is 0.708. The van der Waals surface area contributed by atoms with Crippen molar-refractivity contribution in [3.05, 3.63) is 35.9 Å². The van der Waals surface area contributed by atoms with E-state index in [2.05, 4.69) is 34.5 Å². The molecule has 2 rings (SSSR count). The van der Waals surface area contributed by atoms with Gasteiger partial charge in [0.15, 0.2) is 0 Å². The minimum absolute atomic E-state index is 0.297. The molecule has 0 spiro atoms. The average Bonchev–Trinajstić information content (AvgIpc) is 2.46. The Balaban J connectivity index is 1.55. The van der Waals surface area contributed by atoms with E-state index in [1.807, 2.05) is 6.07 Å². The third kappa shape index (κ3) is 5.70. The summed E-state index contributed by atoms with van der Waals surface area (Å²) >= 11 is 0. The van der Waals surface area contributed by atoms with Gasteiger partial charge >= 0.3 is 0 Å². The van der Waals surface area contributed by atoms with Crippen LogP contribution in [0.25, 0.3) is 0 Å². The molecule has 1 saturated heterocycles. The molecule has 1 atom stereocenters. The average molecular weight is 264 g/mol. The van der Waals surface area contributed by atoms with E-state index in [9.17, 15) is 5.11 Å². The highest BCUT2D eigenvalue weighted by Gasteiger charge is 2.14. The van der Waals surface area contributed by atoms with Crippen molar-refractivity contribution in [3.8, 4) is 0 Å². The van der Waals surface area contributed by atoms with Crippen LogP contribution in [0.2, 0.25) is 0 Å². The Morgan fingerprint density at radius 2 is 1.95 bits per heavy atom. The van der Waals surface area contributed by atoms with Crippen molar-refractivity contribution >= 4 is 0 Å². The molecule has 1 aliphatic heterocycles. The first-order valence-corrected chi connectivity index (χ1v) is 7.07. The van der Waals surface area contributed by atoms with Crippen LogP contribution < -0.4 is 5.32 Å². The topological polar surface area (TPSA) is 44.7 Å². The van der Waals surface area contributed by atoms with E-state index in [1.54, 1.807) is 0 Å². The highest BCUT2D eigenvalue weighted by molar-refractivity contribution is 5.14. The summed E-state index contributed by atoms with van der Waals surface area (Å²) in [4.78, 5) is 2.26. The Morgan fingerprint density at radius 1 is 1.21 bits per heavy atom. The lowest BCUT2D eigenvalue weighted by Crippen LogP contribution is -2.43. The number of morpholine rings is 1. The normalized spacial score (nSPS) is 18.4. The standard InChI is InChI=1S/C15H24N2O2/c18-15(13-17-8-10-19-11-9-17)12-16-7-6-14-4-2-1-3-5-14/h1-5,15-16,18H,6-13H2. The number of ether oxygens (including phenoxy) is 1. The molecular formula is C15H24N2O2. The van der Waals surface area contributed by atoms with Crippen LogP contribution in [0, 0.1) is 0 Å². The summed E-state index contributed by atoms with van der Waals surface area (Å²) in [5.41, 5.74) is 1.33. The van der Waals surface area contributed by atoms with Gasteiger partial charge in [0, 0.05) is 26.2 Å². The second-order valence-electron chi connectivity index (χ2n) is 5.01. The van der Waals surface area contributed by atoms with Gasteiger partial charge in [-0.3, -0.25) is 4.90 Å². The van der Waals surface area contributed by atoms with Gasteiger partial charge in [-0.25, -0.2) is 0 Å². The number of nitrogens with zero attached hydrogens (tertiary/aromatic N) is 1. The first-order chi connectivity index (χ1) is 9.34. The molecule has 0 aromatic heterocycles. The highest BCUT2D eigenvalue weighted by Crippen LogP contribution is 1.99. The Bertz CT molecular complexity index is 339. The first-order valence-electron chi connectivity index (χ1n) is 7.07. The number of aliphatic hydroxyl groups excluding tert-OH is 1. The number of aliphatic hydroxyl groups is 1. The van der Waals surface area contributed by atoms with Crippen LogP contribution in [0.15, 0.2) is 30.3 Å². The van der Waals surface area contributed by atoms with Gasteiger partial charge in [-0.1, -0.05) is 30.3 Å². The number of benzene rings is 1. The fourth-order valence-electron chi connectivity index (χ4n) is 2.29. The molecule has 1 aliphatic rings. The molecule has 0 amide bonds. The van der Waals surface area contributed by atoms with Crippen LogP contribution in [-0.4, -0.2) is 62.0 Å². The van der Waals surface area contributed by atoms with Crippen LogP contribution in [0.4, 0.5) is 0 Å². The minimum atomic E-state index is -0.297. The maximum Gasteiger partial charge on any atom is 0.0791 e. The number of β-amino-alcohol motifs (C(OH)–C–C–N with tert-alkyl or cyclic N) is 1. The zero-order valence-electron chi connectivity index (χ0n) is 11.4. The van der Waals surface area contributed by atoms with Crippen LogP contribution in [0.5, 0.6) is 0 Å². The quantitative estimate of drug-likeness (QED) is 0.705. The molecule has 1 aromatic carbocycles. The molecule has 106 valence electrons. The maximum absolute atomic E-state index is 9.95. The maximum atomic E-state index is 9.95. The van der Waals surface area contributed by atoms with Gasteiger partial charge in [-0.2, -0.15) is 0 Å². The Morgan fingerprint density at radius 3 is 2.68 bits per heavy atom. The zero-order chi connectivity index (χ0) is 13.3. The molecule has 0 radical (unpaired) electrons. The SMILES string of the molecule is OC(CNCCc1ccccc1)CN1CCOCC1. The Kier molecular flexibility index (Phi) is 6.30. The van der Waals surface area contributed by atoms with Gasteiger partial charge in [0.05, 0.1) is 19.3 Å². The smallest absolute Gasteiger partial charge is 0.0791 e. The second-order valence-corrected chi connectivity index (χ2v) is 5.01. The number of hydrogen-bond acceptors (Lipinski definition) is 4. The third-order valence-corrected chi connectivity index (χ3v) is 3.39. The molecule has 0 aliphatic carbocycles. The van der Waals surface area contributed by atoms with Crippen LogP contribution in [0.1, 0.15) is 5.56 Å². The molecule has 1 heterocycles. The van der Waals surface area contributed by atoms with Crippen molar-refractivity contribution in [2.75, 3.05) is 45.9 Å². The van der Waals surface area contributed by atoms with Gasteiger partial charge in [0.1, 0.15) is 0 Å². The lowest BCUT2D eigenvalue weighted by atomic mass is 10.1. The Hall–Kier alpha value is -0.940. The van der Waals surface area contributed by atoms with Crippen molar-refractivity contribution in [2.24, 2.45) is 0 Å². The van der Waals surface area contributed by atoms with Crippen molar-refractivity contribution in [3.63, 3.8) is 0 Å². The fourth-order valence-corrected chi connectivity index (χ4v) is 2.29. The lowest BCUT2D eigenvalue weighted by Gasteiger charge is -2.28. The molecule has 0 saturated carbocycles. The van der Waals surface area contributed by atoms with Crippen molar-refractivity contribution in [1.29, 1.82) is 0 Å². The van der Waals surface area contributed by atoms with E-state index in [0.717, 1.165) is 45.8 Å². The molecule has 4 nitrogen and oxygen atoms in total. The summed E-state index contributed by atoms with van der Waals surface area (Å²) in [5, 5.41) is 13.3. The van der Waals surface area contributed by atoms with E-state index in [4.69, 9.17) is 4.74 Å². The zero-order valence-corrected chi connectivity index (χ0v) is 11.4. The summed E-state index contributed by atoms with van der Waals surface area (Å²) in [5.74, 6) is 0. The monoisotopic (exact) mass is 264 g/mol. The highest BCUT2D eigenvalue weighted by atomic mass is 16.5. The predicted octanol–water partition coefficient (Wildman–Crippen LogP) is 0.512. The number of rotatable bonds is 7. The van der Waals surface area contributed by atoms with Gasteiger partial charge in [0.25, 0.3) is 0 Å². The predicted molar refractivity (Wildman–Crippen MR) is 76.3 cm³/mol. The summed E-state index contributed by atoms with van der Waals surface area (Å²) in [7, 11) is 0. The van der Waals surface area contributed by atoms with E-state index in [-0.39, 0.29) is 6.10 Å². The first kappa shape index (κ1) is 14.5. The van der Waals surface area contributed by atoms with Crippen LogP contribution in [-0.2, 0) is 11.2 Å². The molecule has 4 heteroatoms. The van der Waals surface area contributed by atoms with E-state index in [1.165, 1.54) is 5.56 Å². The number of hydrogen-bond donors (Lipinski definition) is 2. The van der Waals surface area contributed by atoms with Crippen LogP contribution in [0.3, 0.4) is 0 Å². The second kappa shape index (κ2) is 8.27. The molecule has 19 heavy (non-hydrogen) atoms. The molecule has 1 unspecified atom stereocenters. The van der Waals surface area contributed by atoms with Crippen molar-refractivity contribution in [1.82, 2.24) is 10.2 Å². The molecular weight excluding hydrogens is 240 g/mol. The van der Waals surface area contributed by atoms with Crippen LogP contribution >= 0.6 is 0 Å². The molecule has 2 N–H and O–H groups in total. The largest absolute Gasteiger partial charge is 0.390 e. The van der Waals surface area contributed by atoms with E-state index in [0.29, 0.717) is 6.54 Å². The van der Waals surface area contributed by atoms with Gasteiger partial charge in [0.2, 0.25) is 0 Å². The minimum Gasteiger partial charge on any atom is -0.390 e. The van der Waals surface area contributed by atoms with Gasteiger partial charge in [-0.05, 0) is 18.5 Å². The van der Waals surface area contributed by atoms with E-state index < -0.39 is 0 Å². The van der Waals surface area contributed by atoms with E-state index >= 15 is 0 Å². The summed E-state index contributed by atoms with van der Waals surface area (Å²) < 4.78 is 5.29.